The van der Waals surface area contributed by atoms with Crippen LogP contribution in [0.2, 0.25) is 0 Å². The number of anilines is 2. The summed E-state index contributed by atoms with van der Waals surface area (Å²) in [5, 5.41) is 3.63. The van der Waals surface area contributed by atoms with Crippen molar-refractivity contribution in [2.24, 2.45) is 0 Å². The summed E-state index contributed by atoms with van der Waals surface area (Å²) in [5.41, 5.74) is 10.8. The van der Waals surface area contributed by atoms with E-state index in [9.17, 15) is 14.4 Å². The fourth-order valence-corrected chi connectivity index (χ4v) is 6.49. The Bertz CT molecular complexity index is 1740. The highest BCUT2D eigenvalue weighted by atomic mass is 32.1. The predicted octanol–water partition coefficient (Wildman–Crippen LogP) is 6.80. The van der Waals surface area contributed by atoms with Gasteiger partial charge in [-0.25, -0.2) is 14.6 Å². The summed E-state index contributed by atoms with van der Waals surface area (Å²) in [7, 11) is 1.24. The molecule has 0 radical (unpaired) electrons. The molecule has 40 heavy (non-hydrogen) atoms. The molecular weight excluding hydrogens is 546 g/mol. The number of fused-ring (bicyclic) bond motifs is 1. The predicted molar refractivity (Wildman–Crippen MR) is 159 cm³/mol. The molecule has 0 saturated carbocycles. The number of nitrogens with one attached hydrogen (secondary N) is 1. The Labute approximate surface area is 238 Å². The van der Waals surface area contributed by atoms with Crippen molar-refractivity contribution in [1.82, 2.24) is 4.98 Å². The van der Waals surface area contributed by atoms with Crippen LogP contribution in [0.25, 0.3) is 32.6 Å². The fourth-order valence-electron chi connectivity index (χ4n) is 4.39. The highest BCUT2D eigenvalue weighted by Gasteiger charge is 2.29. The number of hydrogen-bond donors (Lipinski definition) is 2. The zero-order valence-corrected chi connectivity index (χ0v) is 23.6. The van der Waals surface area contributed by atoms with Gasteiger partial charge < -0.3 is 20.5 Å². The maximum atomic E-state index is 13.6. The van der Waals surface area contributed by atoms with Gasteiger partial charge in [-0.1, -0.05) is 60.7 Å². The Balaban J connectivity index is 1.62. The van der Waals surface area contributed by atoms with Crippen LogP contribution < -0.4 is 11.1 Å². The number of pyridine rings is 1. The fraction of sp³-hybridized carbons (Fsp3) is 0.133. The van der Waals surface area contributed by atoms with Gasteiger partial charge in [0.2, 0.25) is 0 Å². The van der Waals surface area contributed by atoms with E-state index >= 15 is 0 Å². The Hall–Kier alpha value is -4.54. The number of methoxy groups -OCH3 is 1. The highest BCUT2D eigenvalue weighted by molar-refractivity contribution is 7.22. The molecule has 0 bridgehead atoms. The normalized spacial score (nSPS) is 10.9. The van der Waals surface area contributed by atoms with Crippen molar-refractivity contribution in [3.8, 4) is 22.4 Å². The zero-order chi connectivity index (χ0) is 28.4. The third-order valence-electron chi connectivity index (χ3n) is 6.28. The summed E-state index contributed by atoms with van der Waals surface area (Å²) in [4.78, 5) is 44.6. The molecule has 0 fully saturated rings. The van der Waals surface area contributed by atoms with Crippen molar-refractivity contribution in [3.63, 3.8) is 0 Å². The van der Waals surface area contributed by atoms with Crippen LogP contribution in [0.5, 0.6) is 0 Å². The van der Waals surface area contributed by atoms with E-state index < -0.39 is 17.8 Å². The third kappa shape index (κ3) is 4.94. The van der Waals surface area contributed by atoms with E-state index in [4.69, 9.17) is 20.2 Å². The lowest BCUT2D eigenvalue weighted by Gasteiger charge is -2.09. The maximum absolute atomic E-state index is 13.6. The first-order chi connectivity index (χ1) is 19.3. The second-order valence-electron chi connectivity index (χ2n) is 8.74. The third-order valence-corrected chi connectivity index (χ3v) is 8.57. The molecule has 3 aromatic heterocycles. The van der Waals surface area contributed by atoms with E-state index in [2.05, 4.69) is 5.32 Å². The number of rotatable bonds is 7. The van der Waals surface area contributed by atoms with Crippen molar-refractivity contribution >= 4 is 61.4 Å². The highest BCUT2D eigenvalue weighted by Crippen LogP contribution is 2.42. The van der Waals surface area contributed by atoms with Crippen molar-refractivity contribution in [1.29, 1.82) is 0 Å². The van der Waals surface area contributed by atoms with E-state index in [0.717, 1.165) is 45.1 Å². The largest absolute Gasteiger partial charge is 0.465 e. The summed E-state index contributed by atoms with van der Waals surface area (Å²) in [6.07, 6.45) is 0. The molecule has 0 aliphatic heterocycles. The smallest absolute Gasteiger partial charge is 0.348 e. The number of nitrogen functional groups attached to an aromatic ring is 1. The number of carbonyl (C=O) groups excluding carboxylic acids is 3. The van der Waals surface area contributed by atoms with Gasteiger partial charge in [0.15, 0.2) is 0 Å². The van der Waals surface area contributed by atoms with E-state index in [0.29, 0.717) is 15.8 Å². The van der Waals surface area contributed by atoms with E-state index in [-0.39, 0.29) is 32.6 Å². The lowest BCUT2D eigenvalue weighted by atomic mass is 9.99. The van der Waals surface area contributed by atoms with E-state index in [1.165, 1.54) is 7.11 Å². The van der Waals surface area contributed by atoms with E-state index in [1.54, 1.807) is 13.8 Å². The van der Waals surface area contributed by atoms with Crippen LogP contribution in [0.15, 0.2) is 66.7 Å². The average molecular weight is 572 g/mol. The van der Waals surface area contributed by atoms with Gasteiger partial charge in [-0.05, 0) is 36.6 Å². The molecule has 1 amide bonds. The van der Waals surface area contributed by atoms with Gasteiger partial charge in [0, 0.05) is 10.9 Å². The van der Waals surface area contributed by atoms with Gasteiger partial charge in [0.1, 0.15) is 19.6 Å². The quantitative estimate of drug-likeness (QED) is 0.206. The van der Waals surface area contributed by atoms with Crippen LogP contribution in [-0.4, -0.2) is 36.5 Å². The first kappa shape index (κ1) is 27.0. The SMILES string of the molecule is CCOC(=O)c1sc(NC(=O)c2sc3nc(-c4ccccc4)cc(-c4ccccc4)c3c2N)c(C(=O)OC)c1C. The van der Waals surface area contributed by atoms with Crippen molar-refractivity contribution in [3.05, 3.63) is 87.6 Å². The standard InChI is InChI=1S/C30H25N3O5S2/c1-4-38-30(36)24-16(2)21(29(35)37-3)27(39-24)33-26(34)25-23(31)22-19(17-11-7-5-8-12-17)15-20(32-28(22)40-25)18-13-9-6-10-14-18/h5-15H,4,31H2,1-3H3,(H,33,34). The molecule has 10 heteroatoms. The average Bonchev–Trinajstić information content (AvgIpc) is 3.49. The van der Waals surface area contributed by atoms with Gasteiger partial charge in [0.25, 0.3) is 5.91 Å². The Morgan fingerprint density at radius 2 is 1.57 bits per heavy atom. The second kappa shape index (κ2) is 11.3. The minimum absolute atomic E-state index is 0.0954. The molecule has 5 aromatic rings. The molecule has 2 aromatic carbocycles. The molecule has 0 spiro atoms. The molecule has 202 valence electrons. The topological polar surface area (TPSA) is 121 Å². The Morgan fingerprint density at radius 1 is 0.925 bits per heavy atom. The number of amides is 1. The minimum atomic E-state index is -0.676. The lowest BCUT2D eigenvalue weighted by Crippen LogP contribution is -2.14. The molecule has 3 heterocycles. The summed E-state index contributed by atoms with van der Waals surface area (Å²) in [5.74, 6) is -1.78. The minimum Gasteiger partial charge on any atom is -0.465 e. The van der Waals surface area contributed by atoms with Crippen LogP contribution in [0.3, 0.4) is 0 Å². The second-order valence-corrected chi connectivity index (χ2v) is 10.8. The van der Waals surface area contributed by atoms with Crippen LogP contribution in [0.1, 0.15) is 42.2 Å². The Kier molecular flexibility index (Phi) is 7.63. The van der Waals surface area contributed by atoms with Gasteiger partial charge in [0.05, 0.1) is 30.7 Å². The van der Waals surface area contributed by atoms with Gasteiger partial charge in [-0.15, -0.1) is 22.7 Å². The summed E-state index contributed by atoms with van der Waals surface area (Å²) < 4.78 is 10.0. The summed E-state index contributed by atoms with van der Waals surface area (Å²) >= 11 is 2.12. The van der Waals surface area contributed by atoms with Gasteiger partial charge in [-0.3, -0.25) is 4.79 Å². The molecule has 5 rings (SSSR count). The first-order valence-electron chi connectivity index (χ1n) is 12.4. The number of carbonyl (C=O) groups is 3. The molecule has 0 aliphatic rings. The van der Waals surface area contributed by atoms with Crippen molar-refractivity contribution < 1.29 is 23.9 Å². The number of ether oxygens (including phenoxy) is 2. The number of esters is 2. The Morgan fingerprint density at radius 3 is 2.20 bits per heavy atom. The van der Waals surface area contributed by atoms with Crippen molar-refractivity contribution in [2.45, 2.75) is 13.8 Å². The number of nitrogens with zero attached hydrogens (tertiary/aromatic N) is 1. The summed E-state index contributed by atoms with van der Waals surface area (Å²) in [6, 6.07) is 21.5. The number of thiophene rings is 2. The van der Waals surface area contributed by atoms with Gasteiger partial charge >= 0.3 is 11.9 Å². The molecule has 3 N–H and O–H groups in total. The van der Waals surface area contributed by atoms with Crippen LogP contribution >= 0.6 is 22.7 Å². The number of benzene rings is 2. The number of aromatic nitrogens is 1. The van der Waals surface area contributed by atoms with Crippen LogP contribution in [0.4, 0.5) is 10.7 Å². The van der Waals surface area contributed by atoms with Crippen LogP contribution in [-0.2, 0) is 9.47 Å². The molecule has 0 saturated heterocycles. The summed E-state index contributed by atoms with van der Waals surface area (Å²) in [6.45, 7) is 3.47. The molecule has 0 aliphatic carbocycles. The first-order valence-corrected chi connectivity index (χ1v) is 14.0. The van der Waals surface area contributed by atoms with Gasteiger partial charge in [-0.2, -0.15) is 0 Å². The number of hydrogen-bond acceptors (Lipinski definition) is 9. The number of nitrogens with two attached hydrogens (primary N) is 1. The lowest BCUT2D eigenvalue weighted by molar-refractivity contribution is 0.0531. The van der Waals surface area contributed by atoms with Crippen molar-refractivity contribution in [2.75, 3.05) is 24.8 Å². The molecule has 0 atom stereocenters. The maximum Gasteiger partial charge on any atom is 0.348 e. The van der Waals surface area contributed by atoms with E-state index in [1.807, 2.05) is 66.7 Å². The molecule has 8 nitrogen and oxygen atoms in total. The molecule has 0 unspecified atom stereocenters. The monoisotopic (exact) mass is 571 g/mol. The van der Waals surface area contributed by atoms with Crippen LogP contribution in [0, 0.1) is 6.92 Å². The zero-order valence-electron chi connectivity index (χ0n) is 21.9. The molecular formula is C30H25N3O5S2.